The van der Waals surface area contributed by atoms with Crippen LogP contribution in [0.4, 0.5) is 4.79 Å². The molecule has 0 unspecified atom stereocenters. The van der Waals surface area contributed by atoms with Gasteiger partial charge in [0, 0.05) is 12.1 Å². The van der Waals surface area contributed by atoms with Crippen molar-refractivity contribution in [3.05, 3.63) is 35.4 Å². The third-order valence-corrected chi connectivity index (χ3v) is 2.99. The van der Waals surface area contributed by atoms with Gasteiger partial charge in [0.15, 0.2) is 0 Å². The fraction of sp³-hybridized carbons (Fsp3) is 0.400. The Morgan fingerprint density at radius 1 is 1.18 bits per heavy atom. The molecule has 0 fully saturated rings. The van der Waals surface area contributed by atoms with Crippen LogP contribution in [0.2, 0.25) is 0 Å². The average molecular weight is 307 g/mol. The second kappa shape index (κ2) is 8.02. The summed E-state index contributed by atoms with van der Waals surface area (Å²) in [7, 11) is 0. The molecule has 1 rings (SSSR count). The fourth-order valence-corrected chi connectivity index (χ4v) is 1.90. The Bertz CT molecular complexity index is 540. The van der Waals surface area contributed by atoms with Crippen molar-refractivity contribution in [3.8, 4) is 0 Å². The highest BCUT2D eigenvalue weighted by Crippen LogP contribution is 2.08. The smallest absolute Gasteiger partial charge is 0.326 e. The van der Waals surface area contributed by atoms with Gasteiger partial charge < -0.3 is 21.5 Å². The number of rotatable bonds is 7. The van der Waals surface area contributed by atoms with Gasteiger partial charge in [-0.3, -0.25) is 4.79 Å². The van der Waals surface area contributed by atoms with Crippen LogP contribution in [0.3, 0.4) is 0 Å². The SMILES string of the molecule is CC(C)C[C@H](NC(=O)c1ccc(CNC(N)=O)cc1)C(=O)O. The molecule has 22 heavy (non-hydrogen) atoms. The standard InChI is InChI=1S/C15H21N3O4/c1-9(2)7-12(14(20)21)18-13(19)11-5-3-10(4-6-11)8-17-15(16)22/h3-6,9,12H,7-8H2,1-2H3,(H,18,19)(H,20,21)(H3,16,17,22)/t12-/m0/s1. The summed E-state index contributed by atoms with van der Waals surface area (Å²) in [6, 6.07) is 4.94. The predicted octanol–water partition coefficient (Wildman–Crippen LogP) is 1.08. The van der Waals surface area contributed by atoms with Crippen molar-refractivity contribution in [2.75, 3.05) is 0 Å². The minimum atomic E-state index is -1.05. The number of carboxylic acids is 1. The van der Waals surface area contributed by atoms with Gasteiger partial charge in [-0.1, -0.05) is 26.0 Å². The Hall–Kier alpha value is -2.57. The summed E-state index contributed by atoms with van der Waals surface area (Å²) in [6.07, 6.45) is 0.363. The van der Waals surface area contributed by atoms with Crippen LogP contribution in [0, 0.1) is 5.92 Å². The van der Waals surface area contributed by atoms with Crippen molar-refractivity contribution in [3.63, 3.8) is 0 Å². The summed E-state index contributed by atoms with van der Waals surface area (Å²) in [6.45, 7) is 4.05. The van der Waals surface area contributed by atoms with E-state index in [1.165, 1.54) is 0 Å². The number of carbonyl (C=O) groups is 3. The minimum absolute atomic E-state index is 0.156. The van der Waals surface area contributed by atoms with Crippen LogP contribution in [0.5, 0.6) is 0 Å². The third kappa shape index (κ3) is 5.82. The first kappa shape index (κ1) is 17.5. The van der Waals surface area contributed by atoms with Crippen LogP contribution < -0.4 is 16.4 Å². The molecule has 0 bridgehead atoms. The van der Waals surface area contributed by atoms with E-state index in [0.29, 0.717) is 12.0 Å². The first-order chi connectivity index (χ1) is 10.3. The Morgan fingerprint density at radius 2 is 1.77 bits per heavy atom. The maximum absolute atomic E-state index is 12.1. The zero-order chi connectivity index (χ0) is 16.7. The number of carbonyl (C=O) groups excluding carboxylic acids is 2. The van der Waals surface area contributed by atoms with Crippen LogP contribution in [0.15, 0.2) is 24.3 Å². The number of primary amides is 1. The van der Waals surface area contributed by atoms with E-state index in [2.05, 4.69) is 10.6 Å². The monoisotopic (exact) mass is 307 g/mol. The van der Waals surface area contributed by atoms with E-state index in [0.717, 1.165) is 5.56 Å². The molecule has 120 valence electrons. The fourth-order valence-electron chi connectivity index (χ4n) is 1.90. The summed E-state index contributed by atoms with van der Waals surface area (Å²) < 4.78 is 0. The lowest BCUT2D eigenvalue weighted by Crippen LogP contribution is -2.41. The summed E-state index contributed by atoms with van der Waals surface area (Å²) in [5.74, 6) is -1.34. The third-order valence-electron chi connectivity index (χ3n) is 2.99. The molecule has 0 saturated carbocycles. The molecule has 7 heteroatoms. The van der Waals surface area contributed by atoms with E-state index in [4.69, 9.17) is 10.8 Å². The van der Waals surface area contributed by atoms with Crippen molar-refractivity contribution in [2.24, 2.45) is 11.7 Å². The molecule has 1 aromatic rings. The number of urea groups is 1. The number of amides is 3. The van der Waals surface area contributed by atoms with Gasteiger partial charge in [0.25, 0.3) is 5.91 Å². The minimum Gasteiger partial charge on any atom is -0.480 e. The number of hydrogen-bond donors (Lipinski definition) is 4. The number of aliphatic carboxylic acids is 1. The van der Waals surface area contributed by atoms with Crippen molar-refractivity contribution in [1.29, 1.82) is 0 Å². The van der Waals surface area contributed by atoms with E-state index < -0.39 is 23.9 Å². The van der Waals surface area contributed by atoms with Gasteiger partial charge >= 0.3 is 12.0 Å². The number of carboxylic acid groups (broad SMARTS) is 1. The molecule has 0 aliphatic rings. The van der Waals surface area contributed by atoms with Crippen molar-refractivity contribution < 1.29 is 19.5 Å². The van der Waals surface area contributed by atoms with Gasteiger partial charge in [0.2, 0.25) is 0 Å². The average Bonchev–Trinajstić information content (AvgIpc) is 2.44. The first-order valence-electron chi connectivity index (χ1n) is 6.95. The number of hydrogen-bond acceptors (Lipinski definition) is 3. The molecule has 0 aliphatic heterocycles. The maximum Gasteiger partial charge on any atom is 0.326 e. The lowest BCUT2D eigenvalue weighted by molar-refractivity contribution is -0.139. The number of benzene rings is 1. The van der Waals surface area contributed by atoms with Gasteiger partial charge in [0.05, 0.1) is 0 Å². The summed E-state index contributed by atoms with van der Waals surface area (Å²) in [5, 5.41) is 14.1. The number of nitrogens with two attached hydrogens (primary N) is 1. The Morgan fingerprint density at radius 3 is 2.23 bits per heavy atom. The molecule has 0 radical (unpaired) electrons. The molecule has 0 aromatic heterocycles. The molecule has 1 atom stereocenters. The Kier molecular flexibility index (Phi) is 6.37. The lowest BCUT2D eigenvalue weighted by atomic mass is 10.0. The highest BCUT2D eigenvalue weighted by Gasteiger charge is 2.21. The van der Waals surface area contributed by atoms with Crippen LogP contribution in [0.25, 0.3) is 0 Å². The van der Waals surface area contributed by atoms with E-state index in [-0.39, 0.29) is 12.5 Å². The molecule has 0 heterocycles. The molecular formula is C15H21N3O4. The molecule has 0 spiro atoms. The Labute approximate surface area is 128 Å². The van der Waals surface area contributed by atoms with E-state index in [1.807, 2.05) is 13.8 Å². The predicted molar refractivity (Wildman–Crippen MR) is 81.2 cm³/mol. The molecular weight excluding hydrogens is 286 g/mol. The Balaban J connectivity index is 2.68. The van der Waals surface area contributed by atoms with Crippen LogP contribution in [-0.4, -0.2) is 29.1 Å². The second-order valence-corrected chi connectivity index (χ2v) is 5.41. The van der Waals surface area contributed by atoms with Crippen molar-refractivity contribution >= 4 is 17.9 Å². The van der Waals surface area contributed by atoms with E-state index in [9.17, 15) is 14.4 Å². The summed E-state index contributed by atoms with van der Waals surface area (Å²) in [4.78, 5) is 33.8. The van der Waals surface area contributed by atoms with Gasteiger partial charge in [-0.05, 0) is 30.0 Å². The quantitative estimate of drug-likeness (QED) is 0.602. The molecule has 7 nitrogen and oxygen atoms in total. The van der Waals surface area contributed by atoms with Crippen LogP contribution in [0.1, 0.15) is 36.2 Å². The van der Waals surface area contributed by atoms with Crippen LogP contribution in [-0.2, 0) is 11.3 Å². The topological polar surface area (TPSA) is 122 Å². The molecule has 0 saturated heterocycles. The maximum atomic E-state index is 12.1. The largest absolute Gasteiger partial charge is 0.480 e. The van der Waals surface area contributed by atoms with Crippen molar-refractivity contribution in [2.45, 2.75) is 32.9 Å². The van der Waals surface area contributed by atoms with Crippen molar-refractivity contribution in [1.82, 2.24) is 10.6 Å². The van der Waals surface area contributed by atoms with Crippen LogP contribution >= 0.6 is 0 Å². The molecule has 0 aliphatic carbocycles. The van der Waals surface area contributed by atoms with Gasteiger partial charge in [-0.2, -0.15) is 0 Å². The molecule has 5 N–H and O–H groups in total. The summed E-state index contributed by atoms with van der Waals surface area (Å²) in [5.41, 5.74) is 6.12. The zero-order valence-corrected chi connectivity index (χ0v) is 12.6. The normalized spacial score (nSPS) is 11.8. The number of nitrogens with one attached hydrogen (secondary N) is 2. The van der Waals surface area contributed by atoms with Gasteiger partial charge in [-0.25, -0.2) is 9.59 Å². The highest BCUT2D eigenvalue weighted by molar-refractivity contribution is 5.96. The van der Waals surface area contributed by atoms with Gasteiger partial charge in [-0.15, -0.1) is 0 Å². The zero-order valence-electron chi connectivity index (χ0n) is 12.6. The lowest BCUT2D eigenvalue weighted by Gasteiger charge is -2.16. The van der Waals surface area contributed by atoms with Gasteiger partial charge in [0.1, 0.15) is 6.04 Å². The second-order valence-electron chi connectivity index (χ2n) is 5.41. The summed E-state index contributed by atoms with van der Waals surface area (Å²) >= 11 is 0. The van der Waals surface area contributed by atoms with E-state index >= 15 is 0 Å². The first-order valence-corrected chi connectivity index (χ1v) is 6.95. The highest BCUT2D eigenvalue weighted by atomic mass is 16.4. The molecule has 1 aromatic carbocycles. The molecule has 3 amide bonds. The van der Waals surface area contributed by atoms with E-state index in [1.54, 1.807) is 24.3 Å².